The molecule has 2 saturated heterocycles. The number of carbonyl (C=O) groups is 1. The number of nitrogens with one attached hydrogen (secondary N) is 1. The zero-order valence-electron chi connectivity index (χ0n) is 20.5. The summed E-state index contributed by atoms with van der Waals surface area (Å²) in [7, 11) is 0. The Morgan fingerprint density at radius 2 is 1.82 bits per heavy atom. The number of piperidine rings is 2. The number of carbonyl (C=O) groups excluding carboxylic acids is 1. The minimum absolute atomic E-state index is 0.269. The van der Waals surface area contributed by atoms with Crippen LogP contribution in [-0.2, 0) is 0 Å². The molecule has 1 atom stereocenters. The number of nitrogens with zero attached hydrogens (tertiary/aromatic N) is 3. The highest BCUT2D eigenvalue weighted by Gasteiger charge is 2.22. The summed E-state index contributed by atoms with van der Waals surface area (Å²) in [6.07, 6.45) is 10.8. The molecule has 0 unspecified atom stereocenters. The van der Waals surface area contributed by atoms with Crippen LogP contribution in [0.3, 0.4) is 0 Å². The van der Waals surface area contributed by atoms with Crippen molar-refractivity contribution in [1.29, 1.82) is 0 Å². The smallest absolute Gasteiger partial charge is 0.225 e. The summed E-state index contributed by atoms with van der Waals surface area (Å²) in [5.41, 5.74) is 2.94. The molecule has 0 spiro atoms. The molecule has 2 aliphatic rings. The van der Waals surface area contributed by atoms with E-state index in [9.17, 15) is 4.79 Å². The molecule has 0 saturated carbocycles. The van der Waals surface area contributed by atoms with Crippen molar-refractivity contribution in [1.82, 2.24) is 15.3 Å². The van der Waals surface area contributed by atoms with E-state index in [0.29, 0.717) is 29.9 Å². The molecule has 34 heavy (non-hydrogen) atoms. The van der Waals surface area contributed by atoms with E-state index in [1.54, 1.807) is 12.4 Å². The fourth-order valence-corrected chi connectivity index (χ4v) is 5.46. The lowest BCUT2D eigenvalue weighted by atomic mass is 9.89. The lowest BCUT2D eigenvalue weighted by molar-refractivity contribution is 0.0952. The van der Waals surface area contributed by atoms with Gasteiger partial charge in [0.15, 0.2) is 5.78 Å². The first-order valence-electron chi connectivity index (χ1n) is 12.7. The van der Waals surface area contributed by atoms with Crippen LogP contribution in [0.1, 0.15) is 66.4 Å². The minimum atomic E-state index is 0.269. The predicted molar refractivity (Wildman–Crippen MR) is 137 cm³/mol. The molecule has 3 heterocycles. The topological polar surface area (TPSA) is 67.3 Å². The van der Waals surface area contributed by atoms with Crippen LogP contribution in [0.5, 0.6) is 5.75 Å². The van der Waals surface area contributed by atoms with Crippen molar-refractivity contribution in [3.05, 3.63) is 46.2 Å². The van der Waals surface area contributed by atoms with Crippen molar-refractivity contribution in [3.63, 3.8) is 0 Å². The number of rotatable bonds is 9. The Labute approximate surface area is 208 Å². The number of Topliss-reactive ketones (excluding diaryl/α,β-unsaturated/α-hetero) is 1. The van der Waals surface area contributed by atoms with Crippen molar-refractivity contribution in [2.45, 2.75) is 58.8 Å². The summed E-state index contributed by atoms with van der Waals surface area (Å²) >= 11 is 5.89. The number of hydrogen-bond acceptors (Lipinski definition) is 6. The molecule has 0 bridgehead atoms. The van der Waals surface area contributed by atoms with Crippen LogP contribution >= 0.6 is 11.6 Å². The zero-order valence-corrected chi connectivity index (χ0v) is 21.2. The average Bonchev–Trinajstić information content (AvgIpc) is 2.83. The van der Waals surface area contributed by atoms with Gasteiger partial charge in [0.2, 0.25) is 5.95 Å². The van der Waals surface area contributed by atoms with Gasteiger partial charge in [0.25, 0.3) is 0 Å². The summed E-state index contributed by atoms with van der Waals surface area (Å²) < 4.78 is 6.08. The third kappa shape index (κ3) is 6.70. The lowest BCUT2D eigenvalue weighted by Crippen LogP contribution is -2.34. The first-order chi connectivity index (χ1) is 16.5. The fraction of sp³-hybridized carbons (Fsp3) is 0.593. The second-order valence-corrected chi connectivity index (χ2v) is 10.3. The Hall–Kier alpha value is -2.18. The Kier molecular flexibility index (Phi) is 8.79. The van der Waals surface area contributed by atoms with E-state index in [-0.39, 0.29) is 5.78 Å². The van der Waals surface area contributed by atoms with Gasteiger partial charge in [0, 0.05) is 25.1 Å². The van der Waals surface area contributed by atoms with Gasteiger partial charge in [-0.3, -0.25) is 4.79 Å². The van der Waals surface area contributed by atoms with E-state index in [2.05, 4.69) is 20.2 Å². The van der Waals surface area contributed by atoms with E-state index in [1.165, 1.54) is 12.8 Å². The minimum Gasteiger partial charge on any atom is -0.494 e. The van der Waals surface area contributed by atoms with E-state index in [4.69, 9.17) is 16.3 Å². The van der Waals surface area contributed by atoms with Gasteiger partial charge >= 0.3 is 0 Å². The quantitative estimate of drug-likeness (QED) is 0.380. The SMILES string of the molecule is Cc1cc(OCCCC2CCN(c3ncc(Cl)cn3)CC2)cc(C)c1C(=O)C[C@@H]1CCCNC1. The molecule has 0 radical (unpaired) electrons. The molecular weight excluding hydrogens is 448 g/mol. The van der Waals surface area contributed by atoms with Crippen LogP contribution in [0.15, 0.2) is 24.5 Å². The van der Waals surface area contributed by atoms with Gasteiger partial charge in [-0.1, -0.05) is 11.6 Å². The molecule has 2 aliphatic heterocycles. The summed E-state index contributed by atoms with van der Waals surface area (Å²) in [5.74, 6) is 3.09. The number of ketones is 1. The fourth-order valence-electron chi connectivity index (χ4n) is 5.36. The molecular formula is C27H37ClN4O2. The molecule has 184 valence electrons. The molecule has 1 aromatic heterocycles. The first-order valence-corrected chi connectivity index (χ1v) is 13.1. The van der Waals surface area contributed by atoms with Gasteiger partial charge in [0.1, 0.15) is 5.75 Å². The predicted octanol–water partition coefficient (Wildman–Crippen LogP) is 5.39. The second kappa shape index (κ2) is 12.0. The number of anilines is 1. The van der Waals surface area contributed by atoms with Crippen molar-refractivity contribution in [2.75, 3.05) is 37.7 Å². The van der Waals surface area contributed by atoms with E-state index >= 15 is 0 Å². The van der Waals surface area contributed by atoms with Gasteiger partial charge in [-0.2, -0.15) is 0 Å². The van der Waals surface area contributed by atoms with Gasteiger partial charge in [0.05, 0.1) is 24.0 Å². The molecule has 0 aliphatic carbocycles. The van der Waals surface area contributed by atoms with Crippen LogP contribution in [0, 0.1) is 25.7 Å². The molecule has 1 aromatic carbocycles. The highest BCUT2D eigenvalue weighted by molar-refractivity contribution is 6.30. The van der Waals surface area contributed by atoms with Crippen molar-refractivity contribution < 1.29 is 9.53 Å². The van der Waals surface area contributed by atoms with Gasteiger partial charge in [-0.15, -0.1) is 0 Å². The van der Waals surface area contributed by atoms with Gasteiger partial charge < -0.3 is 15.0 Å². The van der Waals surface area contributed by atoms with Gasteiger partial charge in [-0.05, 0) is 101 Å². The molecule has 6 nitrogen and oxygen atoms in total. The van der Waals surface area contributed by atoms with Crippen molar-refractivity contribution >= 4 is 23.3 Å². The number of ether oxygens (including phenoxy) is 1. The van der Waals surface area contributed by atoms with Crippen molar-refractivity contribution in [2.24, 2.45) is 11.8 Å². The Balaban J connectivity index is 1.20. The molecule has 0 amide bonds. The van der Waals surface area contributed by atoms with Crippen LogP contribution < -0.4 is 15.0 Å². The van der Waals surface area contributed by atoms with Crippen LogP contribution in [0.2, 0.25) is 5.02 Å². The standard InChI is InChI=1S/C27H37ClN4O2/c1-19-13-24(14-20(2)26(19)25(33)15-22-5-3-9-29-16-22)34-12-4-6-21-7-10-32(11-8-21)27-30-17-23(28)18-31-27/h13-14,17-18,21-22,29H,3-12,15-16H2,1-2H3/t22-/m0/s1. The highest BCUT2D eigenvalue weighted by Crippen LogP contribution is 2.27. The molecule has 7 heteroatoms. The maximum atomic E-state index is 12.9. The molecule has 2 aromatic rings. The largest absolute Gasteiger partial charge is 0.494 e. The van der Waals surface area contributed by atoms with E-state index in [1.807, 2.05) is 26.0 Å². The first kappa shape index (κ1) is 24.9. The highest BCUT2D eigenvalue weighted by atomic mass is 35.5. The maximum Gasteiger partial charge on any atom is 0.225 e. The summed E-state index contributed by atoms with van der Waals surface area (Å²) in [4.78, 5) is 23.9. The summed E-state index contributed by atoms with van der Waals surface area (Å²) in [6.45, 7) is 8.77. The third-order valence-electron chi connectivity index (χ3n) is 7.19. The van der Waals surface area contributed by atoms with Gasteiger partial charge in [-0.25, -0.2) is 9.97 Å². The molecule has 4 rings (SSSR count). The Morgan fingerprint density at radius 1 is 1.12 bits per heavy atom. The summed E-state index contributed by atoms with van der Waals surface area (Å²) in [6, 6.07) is 4.06. The van der Waals surface area contributed by atoms with E-state index in [0.717, 1.165) is 80.3 Å². The summed E-state index contributed by atoms with van der Waals surface area (Å²) in [5, 5.41) is 3.98. The number of halogens is 1. The Morgan fingerprint density at radius 3 is 2.47 bits per heavy atom. The monoisotopic (exact) mass is 484 g/mol. The normalized spacial score (nSPS) is 19.3. The number of aromatic nitrogens is 2. The second-order valence-electron chi connectivity index (χ2n) is 9.89. The maximum absolute atomic E-state index is 12.9. The number of benzene rings is 1. The molecule has 2 fully saturated rings. The van der Waals surface area contributed by atoms with Crippen LogP contribution in [-0.4, -0.2) is 48.5 Å². The number of hydrogen-bond donors (Lipinski definition) is 1. The third-order valence-corrected chi connectivity index (χ3v) is 7.38. The van der Waals surface area contributed by atoms with Crippen LogP contribution in [0.4, 0.5) is 5.95 Å². The molecule has 1 N–H and O–H groups in total. The lowest BCUT2D eigenvalue weighted by Gasteiger charge is -2.32. The van der Waals surface area contributed by atoms with E-state index < -0.39 is 0 Å². The Bertz CT molecular complexity index is 929. The average molecular weight is 485 g/mol. The number of aryl methyl sites for hydroxylation is 2. The zero-order chi connectivity index (χ0) is 23.9. The van der Waals surface area contributed by atoms with Crippen molar-refractivity contribution in [3.8, 4) is 5.75 Å². The van der Waals surface area contributed by atoms with Crippen LogP contribution in [0.25, 0.3) is 0 Å².